The number of rotatable bonds is 9. The minimum atomic E-state index is -1.14. The van der Waals surface area contributed by atoms with Crippen LogP contribution in [0.25, 0.3) is 0 Å². The number of nitro groups is 1. The van der Waals surface area contributed by atoms with Crippen LogP contribution in [-0.2, 0) is 4.79 Å². The van der Waals surface area contributed by atoms with E-state index in [4.69, 9.17) is 9.84 Å². The number of nitrogens with zero attached hydrogens (tertiary/aromatic N) is 1. The van der Waals surface area contributed by atoms with Crippen LogP contribution in [0.1, 0.15) is 25.7 Å². The smallest absolute Gasteiger partial charge is 0.310 e. The number of benzene rings is 1. The van der Waals surface area contributed by atoms with Crippen LogP contribution in [0.15, 0.2) is 30.3 Å². The first-order valence-corrected chi connectivity index (χ1v) is 6.12. The molecule has 0 saturated heterocycles. The van der Waals surface area contributed by atoms with Gasteiger partial charge in [0.1, 0.15) is 12.2 Å². The Kier molecular flexibility index (Phi) is 6.35. The normalized spacial score (nSPS) is 11.8. The predicted molar refractivity (Wildman–Crippen MR) is 68.8 cm³/mol. The van der Waals surface area contributed by atoms with Crippen molar-refractivity contribution in [2.45, 2.75) is 31.7 Å². The third-order valence-corrected chi connectivity index (χ3v) is 2.65. The van der Waals surface area contributed by atoms with E-state index in [0.29, 0.717) is 19.4 Å². The van der Waals surface area contributed by atoms with Crippen LogP contribution in [0.3, 0.4) is 0 Å². The number of carbonyl (C=O) groups is 1. The largest absolute Gasteiger partial charge is 0.494 e. The van der Waals surface area contributed by atoms with Gasteiger partial charge >= 0.3 is 5.97 Å². The van der Waals surface area contributed by atoms with E-state index in [9.17, 15) is 14.9 Å². The van der Waals surface area contributed by atoms with Crippen LogP contribution in [0, 0.1) is 10.1 Å². The molecule has 0 aliphatic carbocycles. The Hall–Kier alpha value is -2.11. The van der Waals surface area contributed by atoms with Crippen molar-refractivity contribution in [1.29, 1.82) is 0 Å². The van der Waals surface area contributed by atoms with E-state index in [0.717, 1.165) is 5.75 Å². The van der Waals surface area contributed by atoms with Crippen LogP contribution in [0.2, 0.25) is 0 Å². The van der Waals surface area contributed by atoms with Gasteiger partial charge in [-0.25, -0.2) is 0 Å². The second-order valence-corrected chi connectivity index (χ2v) is 4.19. The number of ether oxygens (including phenoxy) is 1. The molecule has 104 valence electrons. The molecule has 0 aliphatic rings. The molecule has 6 nitrogen and oxygen atoms in total. The number of para-hydroxylation sites is 1. The second-order valence-electron chi connectivity index (χ2n) is 4.19. The highest BCUT2D eigenvalue weighted by molar-refractivity contribution is 5.67. The lowest BCUT2D eigenvalue weighted by Crippen LogP contribution is -2.23. The van der Waals surface area contributed by atoms with Crippen molar-refractivity contribution in [2.24, 2.45) is 0 Å². The highest BCUT2D eigenvalue weighted by atomic mass is 16.6. The maximum atomic E-state index is 10.6. The summed E-state index contributed by atoms with van der Waals surface area (Å²) in [4.78, 5) is 20.6. The lowest BCUT2D eigenvalue weighted by atomic mass is 10.1. The molecule has 0 radical (unpaired) electrons. The molecular weight excluding hydrogens is 250 g/mol. The molecule has 0 aromatic heterocycles. The first-order valence-electron chi connectivity index (χ1n) is 6.12. The molecule has 0 amide bonds. The summed E-state index contributed by atoms with van der Waals surface area (Å²) in [5.41, 5.74) is 0. The molecule has 0 unspecified atom stereocenters. The SMILES string of the molecule is O=C(O)C[C@H](CCCCOc1ccccc1)[N+](=O)[O-]. The zero-order chi connectivity index (χ0) is 14.1. The summed E-state index contributed by atoms with van der Waals surface area (Å²) in [6, 6.07) is 8.29. The summed E-state index contributed by atoms with van der Waals surface area (Å²) in [7, 11) is 0. The summed E-state index contributed by atoms with van der Waals surface area (Å²) in [5.74, 6) is -0.374. The fourth-order valence-corrected chi connectivity index (χ4v) is 1.67. The Morgan fingerprint density at radius 1 is 1.32 bits per heavy atom. The third kappa shape index (κ3) is 6.40. The van der Waals surface area contributed by atoms with Crippen LogP contribution < -0.4 is 4.74 Å². The van der Waals surface area contributed by atoms with Crippen molar-refractivity contribution in [1.82, 2.24) is 0 Å². The molecule has 0 bridgehead atoms. The average molecular weight is 267 g/mol. The maximum Gasteiger partial charge on any atom is 0.310 e. The lowest BCUT2D eigenvalue weighted by Gasteiger charge is -2.08. The molecule has 1 aromatic carbocycles. The zero-order valence-corrected chi connectivity index (χ0v) is 10.5. The number of hydrogen-bond donors (Lipinski definition) is 1. The van der Waals surface area contributed by atoms with E-state index in [1.807, 2.05) is 30.3 Å². The summed E-state index contributed by atoms with van der Waals surface area (Å²) in [6.07, 6.45) is 1.08. The molecule has 1 atom stereocenters. The van der Waals surface area contributed by atoms with Gasteiger partial charge in [0.05, 0.1) is 6.61 Å². The predicted octanol–water partition coefficient (Wildman–Crippen LogP) is 2.36. The molecule has 1 rings (SSSR count). The van der Waals surface area contributed by atoms with Gasteiger partial charge in [-0.05, 0) is 25.0 Å². The molecule has 0 saturated carbocycles. The number of carboxylic acids is 1. The standard InChI is InChI=1S/C13H17NO5/c15-13(16)10-11(14(17)18)6-4-5-9-19-12-7-2-1-3-8-12/h1-3,7-8,11H,4-6,9-10H2,(H,15,16)/t11-/m0/s1. The van der Waals surface area contributed by atoms with Crippen LogP contribution >= 0.6 is 0 Å². The fourth-order valence-electron chi connectivity index (χ4n) is 1.67. The van der Waals surface area contributed by atoms with E-state index >= 15 is 0 Å². The van der Waals surface area contributed by atoms with Crippen LogP contribution in [0.4, 0.5) is 0 Å². The minimum absolute atomic E-state index is 0.261. The monoisotopic (exact) mass is 267 g/mol. The number of unbranched alkanes of at least 4 members (excludes halogenated alkanes) is 1. The summed E-state index contributed by atoms with van der Waals surface area (Å²) in [6.45, 7) is 0.474. The van der Waals surface area contributed by atoms with Crippen LogP contribution in [-0.4, -0.2) is 28.6 Å². The van der Waals surface area contributed by atoms with Gasteiger partial charge in [0, 0.05) is 11.3 Å². The second kappa shape index (κ2) is 8.07. The van der Waals surface area contributed by atoms with Gasteiger partial charge in [-0.15, -0.1) is 0 Å². The topological polar surface area (TPSA) is 89.7 Å². The molecule has 1 N–H and O–H groups in total. The number of aliphatic carboxylic acids is 1. The van der Waals surface area contributed by atoms with Gasteiger partial charge < -0.3 is 9.84 Å². The molecule has 6 heteroatoms. The lowest BCUT2D eigenvalue weighted by molar-refractivity contribution is -0.522. The molecular formula is C13H17NO5. The maximum absolute atomic E-state index is 10.6. The van der Waals surface area contributed by atoms with Crippen molar-refractivity contribution in [2.75, 3.05) is 6.61 Å². The van der Waals surface area contributed by atoms with Gasteiger partial charge in [-0.1, -0.05) is 18.2 Å². The Labute approximate surface area is 111 Å². The Morgan fingerprint density at radius 2 is 2.00 bits per heavy atom. The minimum Gasteiger partial charge on any atom is -0.494 e. The van der Waals surface area contributed by atoms with Gasteiger partial charge in [-0.3, -0.25) is 14.9 Å². The van der Waals surface area contributed by atoms with E-state index in [1.165, 1.54) is 0 Å². The van der Waals surface area contributed by atoms with Gasteiger partial charge in [0.25, 0.3) is 0 Å². The van der Waals surface area contributed by atoms with Crippen molar-refractivity contribution in [3.8, 4) is 5.75 Å². The van der Waals surface area contributed by atoms with Crippen LogP contribution in [0.5, 0.6) is 5.75 Å². The molecule has 0 aliphatic heterocycles. The highest BCUT2D eigenvalue weighted by Crippen LogP contribution is 2.11. The average Bonchev–Trinajstić information content (AvgIpc) is 2.37. The first-order chi connectivity index (χ1) is 9.09. The Bertz CT molecular complexity index is 407. The summed E-state index contributed by atoms with van der Waals surface area (Å²) < 4.78 is 5.44. The molecule has 0 heterocycles. The molecule has 19 heavy (non-hydrogen) atoms. The van der Waals surface area contributed by atoms with E-state index in [1.54, 1.807) is 0 Å². The fraction of sp³-hybridized carbons (Fsp3) is 0.462. The number of hydrogen-bond acceptors (Lipinski definition) is 4. The van der Waals surface area contributed by atoms with E-state index < -0.39 is 23.4 Å². The van der Waals surface area contributed by atoms with E-state index in [-0.39, 0.29) is 6.42 Å². The molecule has 1 aromatic rings. The van der Waals surface area contributed by atoms with Gasteiger partial charge in [0.2, 0.25) is 6.04 Å². The van der Waals surface area contributed by atoms with E-state index in [2.05, 4.69) is 0 Å². The quantitative estimate of drug-likeness (QED) is 0.421. The van der Waals surface area contributed by atoms with Crippen molar-refractivity contribution in [3.05, 3.63) is 40.4 Å². The highest BCUT2D eigenvalue weighted by Gasteiger charge is 2.22. The number of carboxylic acid groups (broad SMARTS) is 1. The summed E-state index contributed by atoms with van der Waals surface area (Å²) in [5, 5.41) is 19.2. The van der Waals surface area contributed by atoms with Crippen molar-refractivity contribution in [3.63, 3.8) is 0 Å². The van der Waals surface area contributed by atoms with Gasteiger partial charge in [-0.2, -0.15) is 0 Å². The molecule has 0 spiro atoms. The zero-order valence-electron chi connectivity index (χ0n) is 10.5. The Morgan fingerprint density at radius 3 is 2.58 bits per heavy atom. The van der Waals surface area contributed by atoms with Crippen molar-refractivity contribution < 1.29 is 19.6 Å². The van der Waals surface area contributed by atoms with Gasteiger partial charge in [0.15, 0.2) is 0 Å². The van der Waals surface area contributed by atoms with Crippen molar-refractivity contribution >= 4 is 5.97 Å². The molecule has 0 fully saturated rings. The first kappa shape index (κ1) is 14.9. The summed E-state index contributed by atoms with van der Waals surface area (Å²) >= 11 is 0. The third-order valence-electron chi connectivity index (χ3n) is 2.65. The Balaban J connectivity index is 2.18.